The monoisotopic (exact) mass is 378 g/mol. The number of nitrogen functional groups attached to an aromatic ring is 1. The fourth-order valence-corrected chi connectivity index (χ4v) is 3.07. The van der Waals surface area contributed by atoms with E-state index in [2.05, 4.69) is 25.2 Å². The maximum absolute atomic E-state index is 11.2. The van der Waals surface area contributed by atoms with Crippen LogP contribution in [0.3, 0.4) is 0 Å². The van der Waals surface area contributed by atoms with Gasteiger partial charge in [-0.1, -0.05) is 23.7 Å². The minimum Gasteiger partial charge on any atom is -0.507 e. The van der Waals surface area contributed by atoms with Gasteiger partial charge in [0.25, 0.3) is 0 Å². The summed E-state index contributed by atoms with van der Waals surface area (Å²) >= 11 is 6.33. The van der Waals surface area contributed by atoms with Crippen LogP contribution < -0.4 is 15.8 Å². The smallest absolute Gasteiger partial charge is 0.248 e. The van der Waals surface area contributed by atoms with Crippen molar-refractivity contribution < 1.29 is 9.32 Å². The zero-order valence-electron chi connectivity index (χ0n) is 13.1. The molecular formula is C15H15ClN6O2S. The van der Waals surface area contributed by atoms with Crippen molar-refractivity contribution >= 4 is 45.9 Å². The molecule has 0 aliphatic rings. The first-order chi connectivity index (χ1) is 11.9. The number of aromatic nitrogens is 3. The molecule has 1 heterocycles. The number of rotatable bonds is 5. The third-order valence-corrected chi connectivity index (χ3v) is 4.08. The summed E-state index contributed by atoms with van der Waals surface area (Å²) in [6, 6.07) is 10.2. The predicted octanol–water partition coefficient (Wildman–Crippen LogP) is 2.86. The van der Waals surface area contributed by atoms with E-state index in [0.717, 1.165) is 5.56 Å². The summed E-state index contributed by atoms with van der Waals surface area (Å²) in [6.07, 6.45) is 1.55. The van der Waals surface area contributed by atoms with Crippen molar-refractivity contribution in [2.45, 2.75) is 0 Å². The largest absolute Gasteiger partial charge is 0.507 e. The summed E-state index contributed by atoms with van der Waals surface area (Å²) in [5, 5.41) is 20.0. The van der Waals surface area contributed by atoms with Crippen molar-refractivity contribution in [2.75, 3.05) is 22.0 Å². The Bertz CT molecular complexity index is 905. The van der Waals surface area contributed by atoms with Crippen LogP contribution in [-0.2, 0) is 11.0 Å². The van der Waals surface area contributed by atoms with Gasteiger partial charge in [-0.15, -0.1) is 5.10 Å². The number of hydrogen-bond donors (Lipinski definition) is 5. The fourth-order valence-electron chi connectivity index (χ4n) is 2.28. The highest BCUT2D eigenvalue weighted by atomic mass is 35.5. The number of nitrogens with zero attached hydrogens (tertiary/aromatic N) is 2. The number of phenols is 1. The lowest BCUT2D eigenvalue weighted by Crippen LogP contribution is -2.00. The Kier molecular flexibility index (Phi) is 4.77. The molecule has 130 valence electrons. The van der Waals surface area contributed by atoms with Gasteiger partial charge in [-0.25, -0.2) is 9.31 Å². The Labute approximate surface area is 151 Å². The van der Waals surface area contributed by atoms with E-state index >= 15 is 0 Å². The molecule has 0 aliphatic carbocycles. The Morgan fingerprint density at radius 3 is 2.52 bits per heavy atom. The highest BCUT2D eigenvalue weighted by Crippen LogP contribution is 2.39. The van der Waals surface area contributed by atoms with Crippen molar-refractivity contribution in [3.05, 3.63) is 41.4 Å². The van der Waals surface area contributed by atoms with Gasteiger partial charge in [-0.05, 0) is 23.8 Å². The van der Waals surface area contributed by atoms with Crippen molar-refractivity contribution in [1.82, 2.24) is 15.2 Å². The second-order valence-corrected chi connectivity index (χ2v) is 6.67. The molecule has 0 radical (unpaired) electrons. The molecule has 0 saturated carbocycles. The summed E-state index contributed by atoms with van der Waals surface area (Å²) in [4.78, 5) is 3.92. The number of nitrogens with two attached hydrogens (primary N) is 1. The van der Waals surface area contributed by atoms with Crippen LogP contribution in [0.15, 0.2) is 36.4 Å². The number of phenolic OH excluding ortho intramolecular Hbond substituents is 1. The lowest BCUT2D eigenvalue weighted by molar-refractivity contribution is 0.477. The van der Waals surface area contributed by atoms with E-state index < -0.39 is 11.0 Å². The fraction of sp³-hybridized carbons (Fsp3) is 0.0667. The Balaban J connectivity index is 1.88. The second-order valence-electron chi connectivity index (χ2n) is 5.15. The van der Waals surface area contributed by atoms with Crippen LogP contribution in [-0.4, -0.2) is 30.8 Å². The Morgan fingerprint density at radius 1 is 1.24 bits per heavy atom. The zero-order valence-corrected chi connectivity index (χ0v) is 14.6. The number of nitrogens with one attached hydrogen (secondary N) is 3. The minimum absolute atomic E-state index is 0.00159. The van der Waals surface area contributed by atoms with Gasteiger partial charge >= 0.3 is 0 Å². The van der Waals surface area contributed by atoms with Gasteiger partial charge in [-0.2, -0.15) is 4.98 Å². The van der Waals surface area contributed by atoms with E-state index in [9.17, 15) is 9.32 Å². The molecule has 10 heteroatoms. The van der Waals surface area contributed by atoms with Gasteiger partial charge in [0.2, 0.25) is 11.9 Å². The first-order valence-corrected chi connectivity index (χ1v) is 9.04. The number of aromatic amines is 1. The highest BCUT2D eigenvalue weighted by molar-refractivity contribution is 7.85. The topological polar surface area (TPSA) is 129 Å². The molecule has 2 aromatic carbocycles. The van der Waals surface area contributed by atoms with Crippen molar-refractivity contribution in [2.24, 2.45) is 0 Å². The molecule has 0 spiro atoms. The van der Waals surface area contributed by atoms with E-state index in [1.54, 1.807) is 36.6 Å². The summed E-state index contributed by atoms with van der Waals surface area (Å²) in [6.45, 7) is 0. The minimum atomic E-state index is -1.15. The lowest BCUT2D eigenvalue weighted by Gasteiger charge is -2.11. The van der Waals surface area contributed by atoms with Crippen LogP contribution in [0.4, 0.5) is 23.3 Å². The summed E-state index contributed by atoms with van der Waals surface area (Å²) < 4.78 is 14.0. The van der Waals surface area contributed by atoms with Crippen molar-refractivity contribution in [3.8, 4) is 16.9 Å². The molecule has 25 heavy (non-hydrogen) atoms. The number of halogens is 1. The summed E-state index contributed by atoms with van der Waals surface area (Å²) in [5.74, 6) is 0.443. The number of benzene rings is 2. The summed E-state index contributed by atoms with van der Waals surface area (Å²) in [5.41, 5.74) is 7.91. The molecule has 0 saturated heterocycles. The average molecular weight is 379 g/mol. The molecule has 3 rings (SSSR count). The van der Waals surface area contributed by atoms with Crippen LogP contribution in [0.1, 0.15) is 0 Å². The van der Waals surface area contributed by atoms with E-state index in [0.29, 0.717) is 22.0 Å². The van der Waals surface area contributed by atoms with Crippen LogP contribution in [0.25, 0.3) is 11.1 Å². The molecule has 0 fully saturated rings. The van der Waals surface area contributed by atoms with Crippen LogP contribution in [0, 0.1) is 0 Å². The first kappa shape index (κ1) is 17.1. The van der Waals surface area contributed by atoms with Crippen LogP contribution >= 0.6 is 11.6 Å². The molecule has 6 N–H and O–H groups in total. The first-order valence-electron chi connectivity index (χ1n) is 7.10. The van der Waals surface area contributed by atoms with Gasteiger partial charge in [0.15, 0.2) is 0 Å². The highest BCUT2D eigenvalue weighted by Gasteiger charge is 2.13. The quantitative estimate of drug-likeness (QED) is 0.464. The summed E-state index contributed by atoms with van der Waals surface area (Å²) in [7, 11) is -1.15. The molecule has 0 aliphatic heterocycles. The number of anilines is 4. The molecule has 1 atom stereocenters. The Morgan fingerprint density at radius 2 is 1.96 bits per heavy atom. The molecule has 1 unspecified atom stereocenters. The van der Waals surface area contributed by atoms with Gasteiger partial charge in [-0.3, -0.25) is 0 Å². The third-order valence-electron chi connectivity index (χ3n) is 3.26. The number of hydrogen-bond acceptors (Lipinski definition) is 6. The number of H-pyrrole nitrogens is 1. The third kappa shape index (κ3) is 4.01. The van der Waals surface area contributed by atoms with E-state index in [-0.39, 0.29) is 17.6 Å². The van der Waals surface area contributed by atoms with Crippen molar-refractivity contribution in [1.29, 1.82) is 0 Å². The Hall–Kier alpha value is -2.78. The molecule has 1 aromatic heterocycles. The predicted molar refractivity (Wildman–Crippen MR) is 100 cm³/mol. The lowest BCUT2D eigenvalue weighted by atomic mass is 10.0. The zero-order chi connectivity index (χ0) is 18.0. The molecule has 0 bridgehead atoms. The number of aromatic hydroxyl groups is 1. The normalized spacial score (nSPS) is 11.9. The van der Waals surface area contributed by atoms with Gasteiger partial charge < -0.3 is 20.9 Å². The standard InChI is InChI=1S/C15H15ClN6O2S/c1-25(24)22-9-4-2-8(3-5-9)13-11(16)6-10(7-12(13)23)18-15-19-14(17)20-21-15/h2-7,22-23H,1H3,(H4,17,18,19,20,21). The SMILES string of the molecule is CS(=O)Nc1ccc(-c2c(O)cc(Nc3n[nH]c(N)n3)cc2Cl)cc1. The van der Waals surface area contributed by atoms with Gasteiger partial charge in [0.05, 0.1) is 5.02 Å². The van der Waals surface area contributed by atoms with Crippen LogP contribution in [0.5, 0.6) is 5.75 Å². The maximum atomic E-state index is 11.2. The van der Waals surface area contributed by atoms with Crippen molar-refractivity contribution in [3.63, 3.8) is 0 Å². The molecule has 8 nitrogen and oxygen atoms in total. The van der Waals surface area contributed by atoms with E-state index in [1.165, 1.54) is 6.07 Å². The van der Waals surface area contributed by atoms with E-state index in [1.807, 2.05) is 0 Å². The molecular weight excluding hydrogens is 364 g/mol. The van der Waals surface area contributed by atoms with Gasteiger partial charge in [0.1, 0.15) is 16.7 Å². The molecule has 3 aromatic rings. The second kappa shape index (κ2) is 6.99. The maximum Gasteiger partial charge on any atom is 0.248 e. The van der Waals surface area contributed by atoms with Crippen LogP contribution in [0.2, 0.25) is 5.02 Å². The molecule has 0 amide bonds. The van der Waals surface area contributed by atoms with Gasteiger partial charge in [0, 0.05) is 29.3 Å². The van der Waals surface area contributed by atoms with E-state index in [4.69, 9.17) is 17.3 Å². The average Bonchev–Trinajstić information content (AvgIpc) is 2.93.